The van der Waals surface area contributed by atoms with Gasteiger partial charge in [-0.25, -0.2) is 4.39 Å². The molecule has 0 saturated heterocycles. The number of hydrogen-bond donors (Lipinski definition) is 1. The summed E-state index contributed by atoms with van der Waals surface area (Å²) in [6.07, 6.45) is 0.571. The van der Waals surface area contributed by atoms with Gasteiger partial charge in [0.25, 0.3) is 0 Å². The Balaban J connectivity index is 0.000000845. The fourth-order valence-corrected chi connectivity index (χ4v) is 1.39. The number of hydrogen-bond acceptors (Lipinski definition) is 2. The Morgan fingerprint density at radius 3 is 3.00 bits per heavy atom. The molecule has 1 heterocycles. The maximum absolute atomic E-state index is 13.1. The molecule has 0 spiro atoms. The monoisotopic (exact) mass is 203 g/mol. The largest absolute Gasteiger partial charge is 0.492 e. The SMILES string of the molecule is Cl.NC1COc2cccc(F)c2C1. The first-order valence-corrected chi connectivity index (χ1v) is 3.93. The van der Waals surface area contributed by atoms with E-state index < -0.39 is 0 Å². The molecule has 0 amide bonds. The third-order valence-electron chi connectivity index (χ3n) is 2.00. The highest BCUT2D eigenvalue weighted by molar-refractivity contribution is 5.85. The summed E-state index contributed by atoms with van der Waals surface area (Å²) in [5.74, 6) is 0.416. The van der Waals surface area contributed by atoms with Crippen molar-refractivity contribution in [2.75, 3.05) is 6.61 Å². The van der Waals surface area contributed by atoms with Crippen molar-refractivity contribution in [2.24, 2.45) is 5.73 Å². The van der Waals surface area contributed by atoms with Crippen molar-refractivity contribution in [3.63, 3.8) is 0 Å². The fourth-order valence-electron chi connectivity index (χ4n) is 1.39. The van der Waals surface area contributed by atoms with Gasteiger partial charge >= 0.3 is 0 Å². The molecule has 4 heteroatoms. The molecule has 1 aliphatic heterocycles. The maximum atomic E-state index is 13.1. The average Bonchev–Trinajstić information content (AvgIpc) is 2.07. The van der Waals surface area contributed by atoms with E-state index in [4.69, 9.17) is 10.5 Å². The molecule has 0 fully saturated rings. The standard InChI is InChI=1S/C9H10FNO.ClH/c10-8-2-1-3-9-7(8)4-6(11)5-12-9;/h1-3,6H,4-5,11H2;1H. The first-order valence-electron chi connectivity index (χ1n) is 3.93. The van der Waals surface area contributed by atoms with E-state index >= 15 is 0 Å². The number of nitrogens with two attached hydrogens (primary N) is 1. The highest BCUT2D eigenvalue weighted by Crippen LogP contribution is 2.25. The highest BCUT2D eigenvalue weighted by atomic mass is 35.5. The molecule has 0 aromatic heterocycles. The van der Waals surface area contributed by atoms with Crippen LogP contribution in [0.1, 0.15) is 5.56 Å². The summed E-state index contributed by atoms with van der Waals surface area (Å²) in [6, 6.07) is 4.77. The van der Waals surface area contributed by atoms with Gasteiger partial charge in [0.05, 0.1) is 0 Å². The van der Waals surface area contributed by atoms with Crippen LogP contribution in [0.15, 0.2) is 18.2 Å². The van der Waals surface area contributed by atoms with E-state index in [1.54, 1.807) is 12.1 Å². The van der Waals surface area contributed by atoms with Crippen molar-refractivity contribution >= 4 is 12.4 Å². The minimum Gasteiger partial charge on any atom is -0.492 e. The molecule has 1 atom stereocenters. The number of ether oxygens (including phenoxy) is 1. The van der Waals surface area contributed by atoms with Crippen LogP contribution in [-0.4, -0.2) is 12.6 Å². The Morgan fingerprint density at radius 2 is 2.23 bits per heavy atom. The molecule has 0 radical (unpaired) electrons. The lowest BCUT2D eigenvalue weighted by molar-refractivity contribution is 0.259. The van der Waals surface area contributed by atoms with Gasteiger partial charge < -0.3 is 10.5 Å². The van der Waals surface area contributed by atoms with Crippen molar-refractivity contribution in [3.05, 3.63) is 29.6 Å². The first-order chi connectivity index (χ1) is 5.77. The Labute approximate surface area is 82.3 Å². The molecular weight excluding hydrogens is 193 g/mol. The summed E-state index contributed by atoms with van der Waals surface area (Å²) < 4.78 is 18.4. The highest BCUT2D eigenvalue weighted by Gasteiger charge is 2.19. The maximum Gasteiger partial charge on any atom is 0.130 e. The quantitative estimate of drug-likeness (QED) is 0.694. The van der Waals surface area contributed by atoms with E-state index in [0.717, 1.165) is 0 Å². The van der Waals surface area contributed by atoms with E-state index in [1.165, 1.54) is 6.07 Å². The summed E-state index contributed by atoms with van der Waals surface area (Å²) in [6.45, 7) is 0.483. The predicted molar refractivity (Wildman–Crippen MR) is 50.8 cm³/mol. The van der Waals surface area contributed by atoms with Crippen molar-refractivity contribution in [1.82, 2.24) is 0 Å². The summed E-state index contributed by atoms with van der Waals surface area (Å²) in [4.78, 5) is 0. The van der Waals surface area contributed by atoms with Crippen LogP contribution in [0, 0.1) is 5.82 Å². The lowest BCUT2D eigenvalue weighted by Crippen LogP contribution is -2.34. The van der Waals surface area contributed by atoms with E-state index in [9.17, 15) is 4.39 Å². The predicted octanol–water partition coefficient (Wildman–Crippen LogP) is 1.51. The first kappa shape index (κ1) is 10.3. The second-order valence-corrected chi connectivity index (χ2v) is 2.99. The van der Waals surface area contributed by atoms with Crippen molar-refractivity contribution in [2.45, 2.75) is 12.5 Å². The molecule has 1 aromatic rings. The molecule has 13 heavy (non-hydrogen) atoms. The van der Waals surface area contributed by atoms with Crippen LogP contribution in [0.2, 0.25) is 0 Å². The van der Waals surface area contributed by atoms with Crippen molar-refractivity contribution < 1.29 is 9.13 Å². The van der Waals surface area contributed by atoms with Gasteiger partial charge in [0.2, 0.25) is 0 Å². The number of fused-ring (bicyclic) bond motifs is 1. The van der Waals surface area contributed by atoms with Gasteiger partial charge in [0.15, 0.2) is 0 Å². The molecular formula is C9H11ClFNO. The minimum absolute atomic E-state index is 0. The molecule has 2 rings (SSSR count). The van der Waals surface area contributed by atoms with Crippen LogP contribution >= 0.6 is 12.4 Å². The third-order valence-corrected chi connectivity index (χ3v) is 2.00. The van der Waals surface area contributed by atoms with E-state index in [-0.39, 0.29) is 24.3 Å². The van der Waals surface area contributed by atoms with Crippen LogP contribution in [0.25, 0.3) is 0 Å². The Bertz CT molecular complexity index is 306. The zero-order chi connectivity index (χ0) is 8.55. The number of rotatable bonds is 0. The molecule has 0 saturated carbocycles. The van der Waals surface area contributed by atoms with Gasteiger partial charge in [0.1, 0.15) is 18.2 Å². The summed E-state index contributed by atoms with van der Waals surface area (Å²) in [5.41, 5.74) is 6.23. The second-order valence-electron chi connectivity index (χ2n) is 2.99. The second kappa shape index (κ2) is 3.94. The zero-order valence-electron chi connectivity index (χ0n) is 7.00. The van der Waals surface area contributed by atoms with E-state index in [1.807, 2.05) is 0 Å². The molecule has 0 bridgehead atoms. The summed E-state index contributed by atoms with van der Waals surface area (Å²) in [7, 11) is 0. The van der Waals surface area contributed by atoms with Crippen molar-refractivity contribution in [3.8, 4) is 5.75 Å². The molecule has 2 N–H and O–H groups in total. The van der Waals surface area contributed by atoms with Gasteiger partial charge in [-0.3, -0.25) is 0 Å². The number of halogens is 2. The molecule has 1 aromatic carbocycles. The van der Waals surface area contributed by atoms with Gasteiger partial charge in [0, 0.05) is 11.6 Å². The van der Waals surface area contributed by atoms with E-state index in [2.05, 4.69) is 0 Å². The van der Waals surface area contributed by atoms with Crippen LogP contribution < -0.4 is 10.5 Å². The lowest BCUT2D eigenvalue weighted by atomic mass is 10.0. The average molecular weight is 204 g/mol. The minimum atomic E-state index is -0.220. The summed E-state index contributed by atoms with van der Waals surface area (Å²) >= 11 is 0. The van der Waals surface area contributed by atoms with Crippen molar-refractivity contribution in [1.29, 1.82) is 0 Å². The van der Waals surface area contributed by atoms with Crippen LogP contribution in [-0.2, 0) is 6.42 Å². The van der Waals surface area contributed by atoms with Crippen LogP contribution in [0.5, 0.6) is 5.75 Å². The van der Waals surface area contributed by atoms with Gasteiger partial charge in [-0.15, -0.1) is 12.4 Å². The Hall–Kier alpha value is -0.800. The van der Waals surface area contributed by atoms with Gasteiger partial charge in [-0.05, 0) is 18.6 Å². The number of benzene rings is 1. The third kappa shape index (κ3) is 1.92. The van der Waals surface area contributed by atoms with Gasteiger partial charge in [-0.1, -0.05) is 6.07 Å². The molecule has 0 aliphatic carbocycles. The molecule has 2 nitrogen and oxygen atoms in total. The Kier molecular flexibility index (Phi) is 3.12. The smallest absolute Gasteiger partial charge is 0.130 e. The molecule has 1 aliphatic rings. The fraction of sp³-hybridized carbons (Fsp3) is 0.333. The zero-order valence-corrected chi connectivity index (χ0v) is 7.81. The summed E-state index contributed by atoms with van der Waals surface area (Å²) in [5, 5.41) is 0. The molecule has 1 unspecified atom stereocenters. The topological polar surface area (TPSA) is 35.2 Å². The van der Waals surface area contributed by atoms with Crippen LogP contribution in [0.3, 0.4) is 0 Å². The van der Waals surface area contributed by atoms with E-state index in [0.29, 0.717) is 24.3 Å². The lowest BCUT2D eigenvalue weighted by Gasteiger charge is -2.22. The van der Waals surface area contributed by atoms with Gasteiger partial charge in [-0.2, -0.15) is 0 Å². The Morgan fingerprint density at radius 1 is 1.46 bits per heavy atom. The molecule has 72 valence electrons. The normalized spacial score (nSPS) is 19.7. The van der Waals surface area contributed by atoms with Crippen LogP contribution in [0.4, 0.5) is 4.39 Å².